The second kappa shape index (κ2) is 14.2. The molecule has 4 aromatic rings. The Morgan fingerprint density at radius 3 is 2.07 bits per heavy atom. The lowest BCUT2D eigenvalue weighted by Gasteiger charge is -2.13. The van der Waals surface area contributed by atoms with E-state index in [4.69, 9.17) is 34.8 Å². The molecule has 0 unspecified atom stereocenters. The Hall–Kier alpha value is -3.75. The second-order valence-corrected chi connectivity index (χ2v) is 11.1. The molecule has 10 heteroatoms. The number of halogens is 3. The van der Waals surface area contributed by atoms with E-state index in [9.17, 15) is 14.4 Å². The molecule has 0 aliphatic heterocycles. The van der Waals surface area contributed by atoms with Gasteiger partial charge < -0.3 is 16.0 Å². The van der Waals surface area contributed by atoms with E-state index in [0.29, 0.717) is 37.6 Å². The van der Waals surface area contributed by atoms with Crippen LogP contribution in [0, 0.1) is 6.92 Å². The first-order chi connectivity index (χ1) is 19.7. The van der Waals surface area contributed by atoms with Gasteiger partial charge in [-0.2, -0.15) is 0 Å². The highest BCUT2D eigenvalue weighted by molar-refractivity contribution is 8.00. The van der Waals surface area contributed by atoms with Gasteiger partial charge in [0.1, 0.15) is 5.70 Å². The quantitative estimate of drug-likeness (QED) is 0.130. The van der Waals surface area contributed by atoms with Crippen LogP contribution < -0.4 is 16.0 Å². The zero-order valence-electron chi connectivity index (χ0n) is 21.7. The summed E-state index contributed by atoms with van der Waals surface area (Å²) >= 11 is 20.1. The van der Waals surface area contributed by atoms with Crippen molar-refractivity contribution in [2.45, 2.75) is 11.8 Å². The van der Waals surface area contributed by atoms with Crippen molar-refractivity contribution in [1.82, 2.24) is 5.32 Å². The highest BCUT2D eigenvalue weighted by Gasteiger charge is 2.17. The summed E-state index contributed by atoms with van der Waals surface area (Å²) in [5.41, 5.74) is 2.79. The number of aryl methyl sites for hydroxylation is 1. The molecule has 208 valence electrons. The van der Waals surface area contributed by atoms with Crippen molar-refractivity contribution in [2.24, 2.45) is 0 Å². The highest BCUT2D eigenvalue weighted by Crippen LogP contribution is 2.27. The van der Waals surface area contributed by atoms with Crippen LogP contribution in [0.3, 0.4) is 0 Å². The van der Waals surface area contributed by atoms with Crippen LogP contribution >= 0.6 is 46.6 Å². The third kappa shape index (κ3) is 8.62. The number of benzene rings is 4. The lowest BCUT2D eigenvalue weighted by Crippen LogP contribution is -2.30. The van der Waals surface area contributed by atoms with E-state index in [1.807, 2.05) is 13.0 Å². The first-order valence-electron chi connectivity index (χ1n) is 12.3. The number of amides is 3. The van der Waals surface area contributed by atoms with Crippen LogP contribution in [0.2, 0.25) is 15.1 Å². The topological polar surface area (TPSA) is 87.3 Å². The molecule has 3 amide bonds. The molecule has 0 spiro atoms. The number of nitrogens with one attached hydrogen (secondary N) is 3. The summed E-state index contributed by atoms with van der Waals surface area (Å²) in [6, 6.07) is 25.8. The molecule has 0 saturated heterocycles. The number of carbonyl (C=O) groups excluding carboxylic acids is 3. The Labute approximate surface area is 257 Å². The van der Waals surface area contributed by atoms with Gasteiger partial charge in [0.05, 0.1) is 5.75 Å². The number of anilines is 2. The van der Waals surface area contributed by atoms with Gasteiger partial charge in [0.2, 0.25) is 5.91 Å². The number of thioether (sulfide) groups is 1. The van der Waals surface area contributed by atoms with Gasteiger partial charge in [-0.1, -0.05) is 65.1 Å². The third-order valence-corrected chi connectivity index (χ3v) is 7.83. The molecule has 4 aromatic carbocycles. The van der Waals surface area contributed by atoms with Crippen molar-refractivity contribution in [2.75, 3.05) is 16.4 Å². The maximum Gasteiger partial charge on any atom is 0.272 e. The molecule has 0 saturated carbocycles. The molecule has 0 atom stereocenters. The maximum atomic E-state index is 13.3. The Morgan fingerprint density at radius 2 is 1.41 bits per heavy atom. The standard InChI is InChI=1S/C31H24Cl3N3O3S/c1-19-10-11-22(16-27(19)34)35-29(38)18-41-23-14-12-21(13-15-23)36-31(40)28(17-24-25(32)8-5-9-26(24)33)37-30(39)20-6-3-2-4-7-20/h2-17H,18H2,1H3,(H,35,38)(H,36,40)(H,37,39)/b28-17-. The normalized spacial score (nSPS) is 11.1. The Bertz CT molecular complexity index is 1590. The van der Waals surface area contributed by atoms with Crippen molar-refractivity contribution in [3.63, 3.8) is 0 Å². The van der Waals surface area contributed by atoms with Crippen LogP contribution in [0.4, 0.5) is 11.4 Å². The van der Waals surface area contributed by atoms with E-state index in [0.717, 1.165) is 10.5 Å². The van der Waals surface area contributed by atoms with Crippen molar-refractivity contribution in [3.05, 3.63) is 128 Å². The van der Waals surface area contributed by atoms with Gasteiger partial charge in [0, 0.05) is 42.5 Å². The minimum Gasteiger partial charge on any atom is -0.325 e. The fraction of sp³-hybridized carbons (Fsp3) is 0.0645. The molecular weight excluding hydrogens is 601 g/mol. The molecule has 6 nitrogen and oxygen atoms in total. The van der Waals surface area contributed by atoms with Gasteiger partial charge in [-0.05, 0) is 79.2 Å². The van der Waals surface area contributed by atoms with Gasteiger partial charge in [0.15, 0.2) is 0 Å². The van der Waals surface area contributed by atoms with E-state index in [1.165, 1.54) is 17.8 Å². The van der Waals surface area contributed by atoms with Crippen LogP contribution in [0.25, 0.3) is 6.08 Å². The minimum absolute atomic E-state index is 0.0415. The monoisotopic (exact) mass is 623 g/mol. The minimum atomic E-state index is -0.568. The zero-order chi connectivity index (χ0) is 29.4. The third-order valence-electron chi connectivity index (χ3n) is 5.75. The molecule has 0 heterocycles. The van der Waals surface area contributed by atoms with E-state index in [1.54, 1.807) is 84.9 Å². The first-order valence-corrected chi connectivity index (χ1v) is 14.4. The van der Waals surface area contributed by atoms with Crippen LogP contribution in [0.1, 0.15) is 21.5 Å². The number of carbonyl (C=O) groups is 3. The number of hydrogen-bond acceptors (Lipinski definition) is 4. The molecule has 0 aliphatic carbocycles. The Kier molecular flexibility index (Phi) is 10.5. The summed E-state index contributed by atoms with van der Waals surface area (Å²) in [4.78, 5) is 39.3. The van der Waals surface area contributed by atoms with Gasteiger partial charge in [-0.15, -0.1) is 11.8 Å². The fourth-order valence-corrected chi connectivity index (χ4v) is 4.97. The highest BCUT2D eigenvalue weighted by atomic mass is 35.5. The Morgan fingerprint density at radius 1 is 0.756 bits per heavy atom. The molecule has 0 fully saturated rings. The second-order valence-electron chi connectivity index (χ2n) is 8.79. The molecule has 0 bridgehead atoms. The van der Waals surface area contributed by atoms with Gasteiger partial charge in [0.25, 0.3) is 11.8 Å². The average molecular weight is 625 g/mol. The molecular formula is C31H24Cl3N3O3S. The van der Waals surface area contributed by atoms with E-state index in [2.05, 4.69) is 16.0 Å². The lowest BCUT2D eigenvalue weighted by molar-refractivity contribution is -0.114. The smallest absolute Gasteiger partial charge is 0.272 e. The molecule has 0 aliphatic rings. The first kappa shape index (κ1) is 30.2. The largest absolute Gasteiger partial charge is 0.325 e. The van der Waals surface area contributed by atoms with Crippen LogP contribution in [-0.4, -0.2) is 23.5 Å². The van der Waals surface area contributed by atoms with Crippen molar-refractivity contribution in [1.29, 1.82) is 0 Å². The SMILES string of the molecule is Cc1ccc(NC(=O)CSc2ccc(NC(=O)/C(=C/c3c(Cl)cccc3Cl)NC(=O)c3ccccc3)cc2)cc1Cl. The van der Waals surface area contributed by atoms with Crippen LogP contribution in [0.15, 0.2) is 102 Å². The van der Waals surface area contributed by atoms with Crippen molar-refractivity contribution in [3.8, 4) is 0 Å². The van der Waals surface area contributed by atoms with Crippen LogP contribution in [-0.2, 0) is 9.59 Å². The van der Waals surface area contributed by atoms with Gasteiger partial charge >= 0.3 is 0 Å². The number of rotatable bonds is 9. The van der Waals surface area contributed by atoms with Crippen molar-refractivity contribution >= 4 is 81.7 Å². The van der Waals surface area contributed by atoms with Crippen molar-refractivity contribution < 1.29 is 14.4 Å². The molecule has 0 aromatic heterocycles. The van der Waals surface area contributed by atoms with Gasteiger partial charge in [-0.25, -0.2) is 0 Å². The molecule has 0 radical (unpaired) electrons. The van der Waals surface area contributed by atoms with E-state index in [-0.39, 0.29) is 17.4 Å². The summed E-state index contributed by atoms with van der Waals surface area (Å²) in [5.74, 6) is -1.02. The Balaban J connectivity index is 1.43. The predicted octanol–water partition coefficient (Wildman–Crippen LogP) is 8.10. The van der Waals surface area contributed by atoms with E-state index >= 15 is 0 Å². The van der Waals surface area contributed by atoms with E-state index < -0.39 is 11.8 Å². The van der Waals surface area contributed by atoms with Gasteiger partial charge in [-0.3, -0.25) is 14.4 Å². The maximum absolute atomic E-state index is 13.3. The average Bonchev–Trinajstić information content (AvgIpc) is 2.96. The van der Waals surface area contributed by atoms with Crippen LogP contribution in [0.5, 0.6) is 0 Å². The molecule has 4 rings (SSSR count). The molecule has 3 N–H and O–H groups in total. The summed E-state index contributed by atoms with van der Waals surface area (Å²) in [6.07, 6.45) is 1.44. The number of hydrogen-bond donors (Lipinski definition) is 3. The summed E-state index contributed by atoms with van der Waals surface area (Å²) in [7, 11) is 0. The summed E-state index contributed by atoms with van der Waals surface area (Å²) in [5, 5.41) is 9.51. The zero-order valence-corrected chi connectivity index (χ0v) is 24.8. The predicted molar refractivity (Wildman–Crippen MR) is 169 cm³/mol. The fourth-order valence-electron chi connectivity index (χ4n) is 3.58. The molecule has 41 heavy (non-hydrogen) atoms. The summed E-state index contributed by atoms with van der Waals surface area (Å²) < 4.78 is 0. The lowest BCUT2D eigenvalue weighted by atomic mass is 10.1. The summed E-state index contributed by atoms with van der Waals surface area (Å²) in [6.45, 7) is 1.89.